The lowest BCUT2D eigenvalue weighted by atomic mass is 10.1. The zero-order valence-electron chi connectivity index (χ0n) is 18.3. The fourth-order valence-corrected chi connectivity index (χ4v) is 3.40. The number of rotatable bonds is 8. The average molecular weight is 438 g/mol. The summed E-state index contributed by atoms with van der Waals surface area (Å²) in [5.74, 6) is -0.778. The number of ether oxygens (including phenoxy) is 1. The average Bonchev–Trinajstić information content (AvgIpc) is 3.20. The van der Waals surface area contributed by atoms with Crippen LogP contribution in [0, 0.1) is 13.8 Å². The van der Waals surface area contributed by atoms with E-state index in [0.717, 1.165) is 23.2 Å². The van der Waals surface area contributed by atoms with E-state index in [-0.39, 0.29) is 24.5 Å². The van der Waals surface area contributed by atoms with E-state index in [0.29, 0.717) is 23.5 Å². The fourth-order valence-electron chi connectivity index (χ4n) is 3.40. The quantitative estimate of drug-likeness (QED) is 0.451. The van der Waals surface area contributed by atoms with Gasteiger partial charge in [-0.3, -0.25) is 25.2 Å². The molecule has 10 nitrogen and oxygen atoms in total. The van der Waals surface area contributed by atoms with Crippen LogP contribution in [0.25, 0.3) is 5.65 Å². The lowest BCUT2D eigenvalue weighted by Crippen LogP contribution is -2.44. The Kier molecular flexibility index (Phi) is 7.04. The van der Waals surface area contributed by atoms with E-state index in [2.05, 4.69) is 20.9 Å². The molecule has 4 N–H and O–H groups in total. The molecule has 0 fully saturated rings. The normalized spacial score (nSPS) is 10.7. The second kappa shape index (κ2) is 9.90. The third-order valence-electron chi connectivity index (χ3n) is 5.13. The number of primary amides is 1. The number of carbonyl (C=O) groups excluding carboxylic acids is 3. The Morgan fingerprint density at radius 2 is 1.84 bits per heavy atom. The molecule has 168 valence electrons. The van der Waals surface area contributed by atoms with E-state index in [1.165, 1.54) is 10.7 Å². The zero-order chi connectivity index (χ0) is 23.3. The van der Waals surface area contributed by atoms with Gasteiger partial charge in [0, 0.05) is 17.8 Å². The number of hydrogen-bond acceptors (Lipinski definition) is 6. The van der Waals surface area contributed by atoms with E-state index < -0.39 is 11.8 Å². The predicted octanol–water partition coefficient (Wildman–Crippen LogP) is 1.17. The first kappa shape index (κ1) is 22.7. The smallest absolute Gasteiger partial charge is 0.276 e. The summed E-state index contributed by atoms with van der Waals surface area (Å²) < 4.78 is 7.06. The predicted molar refractivity (Wildman–Crippen MR) is 117 cm³/mol. The van der Waals surface area contributed by atoms with Gasteiger partial charge in [-0.2, -0.15) is 5.10 Å². The molecule has 0 aliphatic rings. The Hall–Kier alpha value is -3.95. The molecular weight excluding hydrogens is 412 g/mol. The Morgan fingerprint density at radius 3 is 2.56 bits per heavy atom. The molecule has 0 saturated carbocycles. The number of fused-ring (bicyclic) bond motifs is 1. The van der Waals surface area contributed by atoms with Gasteiger partial charge in [-0.15, -0.1) is 0 Å². The van der Waals surface area contributed by atoms with Gasteiger partial charge in [0.25, 0.3) is 11.8 Å². The second-order valence-corrected chi connectivity index (χ2v) is 7.27. The van der Waals surface area contributed by atoms with E-state index in [9.17, 15) is 14.4 Å². The van der Waals surface area contributed by atoms with Crippen LogP contribution in [0.5, 0.6) is 5.75 Å². The van der Waals surface area contributed by atoms with E-state index >= 15 is 0 Å². The molecule has 32 heavy (non-hydrogen) atoms. The van der Waals surface area contributed by atoms with Gasteiger partial charge in [0.1, 0.15) is 11.3 Å². The summed E-state index contributed by atoms with van der Waals surface area (Å²) in [5, 5.41) is 4.17. The molecule has 3 rings (SSSR count). The van der Waals surface area contributed by atoms with Crippen LogP contribution in [0.2, 0.25) is 0 Å². The number of hydrogen-bond donors (Lipinski definition) is 3. The van der Waals surface area contributed by atoms with Gasteiger partial charge < -0.3 is 10.5 Å². The van der Waals surface area contributed by atoms with Gasteiger partial charge in [-0.05, 0) is 43.9 Å². The first-order valence-corrected chi connectivity index (χ1v) is 10.2. The van der Waals surface area contributed by atoms with Crippen molar-refractivity contribution in [2.75, 3.05) is 6.61 Å². The maximum absolute atomic E-state index is 12.2. The highest BCUT2D eigenvalue weighted by molar-refractivity contribution is 5.98. The summed E-state index contributed by atoms with van der Waals surface area (Å²) in [7, 11) is 0. The Morgan fingerprint density at radius 1 is 1.12 bits per heavy atom. The molecule has 3 amide bonds. The number of nitrogens with zero attached hydrogens (tertiary/aromatic N) is 3. The first-order valence-electron chi connectivity index (χ1n) is 10.2. The molecule has 0 aliphatic heterocycles. The van der Waals surface area contributed by atoms with Crippen molar-refractivity contribution in [2.45, 2.75) is 40.0 Å². The van der Waals surface area contributed by atoms with Crippen LogP contribution in [-0.2, 0) is 22.4 Å². The van der Waals surface area contributed by atoms with Crippen molar-refractivity contribution in [1.29, 1.82) is 0 Å². The molecule has 2 heterocycles. The van der Waals surface area contributed by atoms with Crippen LogP contribution >= 0.6 is 0 Å². The van der Waals surface area contributed by atoms with Crippen molar-refractivity contribution in [3.63, 3.8) is 0 Å². The maximum atomic E-state index is 12.2. The van der Waals surface area contributed by atoms with Crippen molar-refractivity contribution in [3.05, 3.63) is 58.5 Å². The molecule has 2 aromatic heterocycles. The first-order chi connectivity index (χ1) is 15.3. The Balaban J connectivity index is 1.53. The zero-order valence-corrected chi connectivity index (χ0v) is 18.3. The summed E-state index contributed by atoms with van der Waals surface area (Å²) in [5.41, 5.74) is 14.0. The molecule has 1 aromatic carbocycles. The number of aryl methyl sites for hydroxylation is 3. The monoisotopic (exact) mass is 438 g/mol. The third-order valence-corrected chi connectivity index (χ3v) is 5.13. The van der Waals surface area contributed by atoms with Gasteiger partial charge in [-0.1, -0.05) is 25.1 Å². The molecule has 10 heteroatoms. The second-order valence-electron chi connectivity index (χ2n) is 7.27. The number of nitrogens with one attached hydrogen (secondary N) is 2. The minimum absolute atomic E-state index is 0.124. The number of benzene rings is 1. The molecular formula is C22H26N6O4. The van der Waals surface area contributed by atoms with Crippen LogP contribution in [-0.4, -0.2) is 38.9 Å². The van der Waals surface area contributed by atoms with Gasteiger partial charge in [0.2, 0.25) is 5.91 Å². The molecule has 0 atom stereocenters. The molecule has 0 saturated heterocycles. The molecule has 0 spiro atoms. The van der Waals surface area contributed by atoms with Crippen molar-refractivity contribution in [1.82, 2.24) is 25.4 Å². The summed E-state index contributed by atoms with van der Waals surface area (Å²) in [6.45, 7) is 5.42. The van der Waals surface area contributed by atoms with Gasteiger partial charge in [-0.25, -0.2) is 9.50 Å². The lowest BCUT2D eigenvalue weighted by molar-refractivity contribution is -0.130. The number of amides is 3. The number of para-hydroxylation sites is 1. The van der Waals surface area contributed by atoms with Gasteiger partial charge in [0.15, 0.2) is 12.3 Å². The minimum atomic E-state index is -0.601. The number of carbonyl (C=O) groups is 3. The minimum Gasteiger partial charge on any atom is -0.483 e. The summed E-state index contributed by atoms with van der Waals surface area (Å²) in [6, 6.07) is 7.48. The van der Waals surface area contributed by atoms with Gasteiger partial charge in [0.05, 0.1) is 6.20 Å². The Labute approximate surface area is 185 Å². The number of nitrogens with two attached hydrogens (primary N) is 1. The maximum Gasteiger partial charge on any atom is 0.276 e. The summed E-state index contributed by atoms with van der Waals surface area (Å²) >= 11 is 0. The Bertz CT molecular complexity index is 1170. The van der Waals surface area contributed by atoms with Gasteiger partial charge >= 0.3 is 0 Å². The largest absolute Gasteiger partial charge is 0.483 e. The van der Waals surface area contributed by atoms with E-state index in [4.69, 9.17) is 10.5 Å². The summed E-state index contributed by atoms with van der Waals surface area (Å²) in [6.07, 6.45) is 2.67. The molecule has 0 aliphatic carbocycles. The molecule has 0 radical (unpaired) electrons. The molecule has 0 unspecified atom stereocenters. The van der Waals surface area contributed by atoms with Crippen molar-refractivity contribution in [3.8, 4) is 5.75 Å². The van der Waals surface area contributed by atoms with Crippen LogP contribution in [0.3, 0.4) is 0 Å². The highest BCUT2D eigenvalue weighted by atomic mass is 16.5. The number of aromatic nitrogens is 3. The van der Waals surface area contributed by atoms with Crippen LogP contribution in [0.1, 0.15) is 46.2 Å². The SMILES string of the molecule is CCc1ccccc1OCC(=O)NNC(=O)CCc1c(C)nc2c(C(N)=O)cnn2c1C. The van der Waals surface area contributed by atoms with E-state index in [1.54, 1.807) is 13.0 Å². The third kappa shape index (κ3) is 5.02. The topological polar surface area (TPSA) is 141 Å². The van der Waals surface area contributed by atoms with Crippen molar-refractivity contribution >= 4 is 23.4 Å². The van der Waals surface area contributed by atoms with Crippen LogP contribution < -0.4 is 21.3 Å². The fraction of sp³-hybridized carbons (Fsp3) is 0.318. The highest BCUT2D eigenvalue weighted by Gasteiger charge is 2.17. The molecule has 3 aromatic rings. The lowest BCUT2D eigenvalue weighted by Gasteiger charge is -2.12. The van der Waals surface area contributed by atoms with Crippen LogP contribution in [0.4, 0.5) is 0 Å². The number of hydrazine groups is 1. The van der Waals surface area contributed by atoms with Crippen molar-refractivity contribution in [2.24, 2.45) is 5.73 Å². The summed E-state index contributed by atoms with van der Waals surface area (Å²) in [4.78, 5) is 40.1. The molecule has 0 bridgehead atoms. The van der Waals surface area contributed by atoms with Crippen LogP contribution in [0.15, 0.2) is 30.5 Å². The highest BCUT2D eigenvalue weighted by Crippen LogP contribution is 2.19. The van der Waals surface area contributed by atoms with E-state index in [1.807, 2.05) is 32.0 Å². The van der Waals surface area contributed by atoms with Crippen molar-refractivity contribution < 1.29 is 19.1 Å². The standard InChI is InChI=1S/C22H26N6O4/c1-4-15-7-5-6-8-18(15)32-12-20(30)27-26-19(29)10-9-16-13(2)25-22-17(21(23)31)11-24-28(22)14(16)3/h5-8,11H,4,9-10,12H2,1-3H3,(H2,23,31)(H,26,29)(H,27,30).